The number of amides is 4. The van der Waals surface area contributed by atoms with Crippen molar-refractivity contribution < 1.29 is 19.1 Å². The molecular weight excluding hydrogens is 300 g/mol. The maximum atomic E-state index is 12.4. The van der Waals surface area contributed by atoms with Gasteiger partial charge in [-0.1, -0.05) is 0 Å². The smallest absolute Gasteiger partial charge is 0.317 e. The maximum absolute atomic E-state index is 12.4. The van der Waals surface area contributed by atoms with Crippen molar-refractivity contribution >= 4 is 17.8 Å². The van der Waals surface area contributed by atoms with Gasteiger partial charge >= 0.3 is 6.03 Å². The molecule has 4 amide bonds. The molecule has 23 heavy (non-hydrogen) atoms. The lowest BCUT2D eigenvalue weighted by atomic mass is 9.86. The molecule has 2 N–H and O–H groups in total. The van der Waals surface area contributed by atoms with Crippen LogP contribution in [0.25, 0.3) is 0 Å². The Balaban J connectivity index is 2.16. The molecule has 0 radical (unpaired) electrons. The number of rotatable bonds is 3. The maximum Gasteiger partial charge on any atom is 0.317 e. The van der Waals surface area contributed by atoms with Gasteiger partial charge in [0, 0.05) is 57.7 Å². The molecule has 0 bridgehead atoms. The average molecular weight is 326 g/mol. The first-order valence-electron chi connectivity index (χ1n) is 7.94. The molecule has 2 heterocycles. The Morgan fingerprint density at radius 3 is 2.52 bits per heavy atom. The fourth-order valence-electron chi connectivity index (χ4n) is 3.17. The topological polar surface area (TPSA) is 91.0 Å². The lowest BCUT2D eigenvalue weighted by Gasteiger charge is -2.32. The number of carbonyl (C=O) groups excluding carboxylic acids is 3. The molecule has 2 rings (SSSR count). The molecule has 8 heteroatoms. The number of nitrogens with zero attached hydrogens (tertiary/aromatic N) is 2. The van der Waals surface area contributed by atoms with Crippen LogP contribution in [0.5, 0.6) is 0 Å². The van der Waals surface area contributed by atoms with E-state index < -0.39 is 5.41 Å². The molecule has 0 aromatic rings. The summed E-state index contributed by atoms with van der Waals surface area (Å²) in [4.78, 5) is 39.7. The molecular formula is C15H26N4O4. The van der Waals surface area contributed by atoms with E-state index in [2.05, 4.69) is 10.6 Å². The first kappa shape index (κ1) is 17.5. The number of urea groups is 1. The highest BCUT2D eigenvalue weighted by Gasteiger charge is 2.44. The number of hydrogen-bond donors (Lipinski definition) is 2. The number of methoxy groups -OCH3 is 1. The third-order valence-corrected chi connectivity index (χ3v) is 4.21. The van der Waals surface area contributed by atoms with Crippen molar-refractivity contribution in [3.8, 4) is 0 Å². The van der Waals surface area contributed by atoms with E-state index in [4.69, 9.17) is 4.74 Å². The van der Waals surface area contributed by atoms with E-state index >= 15 is 0 Å². The van der Waals surface area contributed by atoms with Gasteiger partial charge in [0.1, 0.15) is 6.61 Å². The Morgan fingerprint density at radius 2 is 1.96 bits per heavy atom. The fraction of sp³-hybridized carbons (Fsp3) is 0.800. The van der Waals surface area contributed by atoms with Gasteiger partial charge in [-0.15, -0.1) is 0 Å². The van der Waals surface area contributed by atoms with Gasteiger partial charge in [-0.3, -0.25) is 9.59 Å². The highest BCUT2D eigenvalue weighted by molar-refractivity contribution is 5.81. The number of ether oxygens (including phenoxy) is 1. The minimum Gasteiger partial charge on any atom is -0.375 e. The second-order valence-corrected chi connectivity index (χ2v) is 6.73. The predicted molar refractivity (Wildman–Crippen MR) is 83.8 cm³/mol. The van der Waals surface area contributed by atoms with Gasteiger partial charge in [-0.05, 0) is 13.8 Å². The third-order valence-electron chi connectivity index (χ3n) is 4.21. The summed E-state index contributed by atoms with van der Waals surface area (Å²) in [6.45, 7) is 6.11. The van der Waals surface area contributed by atoms with Crippen LogP contribution in [0, 0.1) is 5.41 Å². The van der Waals surface area contributed by atoms with Crippen LogP contribution in [0.3, 0.4) is 0 Å². The van der Waals surface area contributed by atoms with Crippen LogP contribution in [0.1, 0.15) is 20.3 Å². The highest BCUT2D eigenvalue weighted by Crippen LogP contribution is 2.30. The molecule has 0 aromatic carbocycles. The second-order valence-electron chi connectivity index (χ2n) is 6.73. The number of nitrogens with one attached hydrogen (secondary N) is 2. The molecule has 2 fully saturated rings. The zero-order chi connectivity index (χ0) is 17.0. The molecule has 0 aliphatic carbocycles. The Labute approximate surface area is 136 Å². The molecule has 8 nitrogen and oxygen atoms in total. The third kappa shape index (κ3) is 4.34. The van der Waals surface area contributed by atoms with Crippen molar-refractivity contribution in [2.45, 2.75) is 26.3 Å². The van der Waals surface area contributed by atoms with Crippen molar-refractivity contribution in [2.24, 2.45) is 5.41 Å². The molecule has 1 spiro atoms. The van der Waals surface area contributed by atoms with Crippen molar-refractivity contribution in [1.82, 2.24) is 20.4 Å². The highest BCUT2D eigenvalue weighted by atomic mass is 16.5. The minimum absolute atomic E-state index is 0.00957. The van der Waals surface area contributed by atoms with E-state index in [1.165, 1.54) is 7.11 Å². The van der Waals surface area contributed by atoms with Gasteiger partial charge in [0.05, 0.1) is 0 Å². The molecule has 0 unspecified atom stereocenters. The van der Waals surface area contributed by atoms with Crippen LogP contribution in [0.4, 0.5) is 4.79 Å². The predicted octanol–water partition coefficient (Wildman–Crippen LogP) is -0.599. The molecule has 2 aliphatic heterocycles. The van der Waals surface area contributed by atoms with Crippen LogP contribution in [0.15, 0.2) is 0 Å². The Bertz CT molecular complexity index is 482. The Morgan fingerprint density at radius 1 is 1.30 bits per heavy atom. The first-order valence-corrected chi connectivity index (χ1v) is 7.94. The molecule has 2 saturated heterocycles. The van der Waals surface area contributed by atoms with Crippen molar-refractivity contribution in [1.29, 1.82) is 0 Å². The largest absolute Gasteiger partial charge is 0.375 e. The summed E-state index contributed by atoms with van der Waals surface area (Å²) in [6.07, 6.45) is 0.329. The monoisotopic (exact) mass is 326 g/mol. The van der Waals surface area contributed by atoms with Crippen molar-refractivity contribution in [2.75, 3.05) is 46.4 Å². The fourth-order valence-corrected chi connectivity index (χ4v) is 3.17. The number of carbonyl (C=O) groups is 3. The average Bonchev–Trinajstić information content (AvgIpc) is 2.71. The zero-order valence-corrected chi connectivity index (χ0v) is 14.1. The first-order chi connectivity index (χ1) is 10.8. The van der Waals surface area contributed by atoms with Crippen LogP contribution < -0.4 is 10.6 Å². The lowest BCUT2D eigenvalue weighted by molar-refractivity contribution is -0.136. The van der Waals surface area contributed by atoms with Gasteiger partial charge in [0.2, 0.25) is 11.8 Å². The normalized spacial score (nSPS) is 24.8. The molecule has 130 valence electrons. The summed E-state index contributed by atoms with van der Waals surface area (Å²) in [7, 11) is 1.48. The van der Waals surface area contributed by atoms with E-state index in [1.54, 1.807) is 9.80 Å². The van der Waals surface area contributed by atoms with Crippen LogP contribution in [-0.4, -0.2) is 80.1 Å². The van der Waals surface area contributed by atoms with Gasteiger partial charge in [-0.25, -0.2) is 4.79 Å². The molecule has 0 saturated carbocycles. The quantitative estimate of drug-likeness (QED) is 0.725. The number of hydrogen-bond acceptors (Lipinski definition) is 4. The lowest BCUT2D eigenvalue weighted by Crippen LogP contribution is -2.49. The Hall–Kier alpha value is -1.83. The molecule has 2 aliphatic rings. The van der Waals surface area contributed by atoms with E-state index in [0.717, 1.165) is 0 Å². The zero-order valence-electron chi connectivity index (χ0n) is 14.1. The van der Waals surface area contributed by atoms with Crippen LogP contribution in [-0.2, 0) is 14.3 Å². The van der Waals surface area contributed by atoms with Crippen molar-refractivity contribution in [3.05, 3.63) is 0 Å². The van der Waals surface area contributed by atoms with Crippen LogP contribution in [0.2, 0.25) is 0 Å². The summed E-state index contributed by atoms with van der Waals surface area (Å²) < 4.78 is 4.93. The summed E-state index contributed by atoms with van der Waals surface area (Å²) in [5, 5.41) is 5.71. The minimum atomic E-state index is -0.425. The molecule has 0 aromatic heterocycles. The summed E-state index contributed by atoms with van der Waals surface area (Å²) in [5.41, 5.74) is -0.425. The van der Waals surface area contributed by atoms with Gasteiger partial charge in [0.15, 0.2) is 0 Å². The van der Waals surface area contributed by atoms with E-state index in [9.17, 15) is 14.4 Å². The van der Waals surface area contributed by atoms with E-state index in [0.29, 0.717) is 39.1 Å². The van der Waals surface area contributed by atoms with E-state index in [1.807, 2.05) is 13.8 Å². The summed E-state index contributed by atoms with van der Waals surface area (Å²) in [5.74, 6) is -0.146. The van der Waals surface area contributed by atoms with Gasteiger partial charge < -0.3 is 25.2 Å². The van der Waals surface area contributed by atoms with Gasteiger partial charge in [0.25, 0.3) is 0 Å². The SMILES string of the molecule is COCC(=O)N1CCN(C(=O)NC(C)C)C[C@]2(CNC(=O)C2)C1. The second kappa shape index (κ2) is 7.16. The molecule has 1 atom stereocenters. The van der Waals surface area contributed by atoms with Crippen molar-refractivity contribution in [3.63, 3.8) is 0 Å². The summed E-state index contributed by atoms with van der Waals surface area (Å²) >= 11 is 0. The van der Waals surface area contributed by atoms with Crippen LogP contribution >= 0.6 is 0 Å². The Kier molecular flexibility index (Phi) is 5.46. The standard InChI is InChI=1S/C15H26N4O4/c1-11(2)17-14(22)19-5-4-18(13(21)7-23-3)9-15(10-19)6-12(20)16-8-15/h11H,4-10H2,1-3H3,(H,16,20)(H,17,22)/t15-/m1/s1. The van der Waals surface area contributed by atoms with Gasteiger partial charge in [-0.2, -0.15) is 0 Å². The van der Waals surface area contributed by atoms with E-state index in [-0.39, 0.29) is 30.5 Å². The summed E-state index contributed by atoms with van der Waals surface area (Å²) in [6, 6.07) is -0.115.